The van der Waals surface area contributed by atoms with Gasteiger partial charge in [0.25, 0.3) is 0 Å². The van der Waals surface area contributed by atoms with E-state index < -0.39 is 11.7 Å². The molecule has 0 aliphatic rings. The summed E-state index contributed by atoms with van der Waals surface area (Å²) in [6.07, 6.45) is -3.64. The summed E-state index contributed by atoms with van der Waals surface area (Å²) in [5.74, 6) is 0. The summed E-state index contributed by atoms with van der Waals surface area (Å²) in [6.45, 7) is 2.00. The number of rotatable bonds is 3. The number of para-hydroxylation sites is 1. The van der Waals surface area contributed by atoms with Crippen molar-refractivity contribution in [2.24, 2.45) is 0 Å². The Bertz CT molecular complexity index is 717. The van der Waals surface area contributed by atoms with E-state index in [1.807, 2.05) is 31.2 Å². The zero-order valence-corrected chi connectivity index (χ0v) is 13.7. The van der Waals surface area contributed by atoms with Crippen LogP contribution < -0.4 is 10.6 Å². The number of thiocarbonyl (C=S) groups is 1. The molecule has 0 radical (unpaired) electrons. The fourth-order valence-corrected chi connectivity index (χ4v) is 2.41. The lowest BCUT2D eigenvalue weighted by molar-refractivity contribution is -0.137. The van der Waals surface area contributed by atoms with Crippen LogP contribution in [0.3, 0.4) is 0 Å². The number of benzene rings is 2. The normalized spacial score (nSPS) is 11.2. The second kappa shape index (κ2) is 7.19. The Morgan fingerprint density at radius 2 is 1.74 bits per heavy atom. The van der Waals surface area contributed by atoms with Crippen molar-refractivity contribution in [1.29, 1.82) is 0 Å². The van der Waals surface area contributed by atoms with Crippen molar-refractivity contribution in [1.82, 2.24) is 0 Å². The molecule has 2 nitrogen and oxygen atoms in total. The first-order chi connectivity index (χ1) is 10.8. The first-order valence-electron chi connectivity index (χ1n) is 6.84. The summed E-state index contributed by atoms with van der Waals surface area (Å²) in [6, 6.07) is 10.6. The minimum absolute atomic E-state index is 0.105. The predicted molar refractivity (Wildman–Crippen MR) is 92.1 cm³/mol. The number of hydrogen-bond donors (Lipinski definition) is 2. The van der Waals surface area contributed by atoms with E-state index in [1.54, 1.807) is 0 Å². The van der Waals surface area contributed by atoms with E-state index in [2.05, 4.69) is 10.6 Å². The topological polar surface area (TPSA) is 24.1 Å². The molecule has 0 amide bonds. The van der Waals surface area contributed by atoms with Crippen molar-refractivity contribution in [3.05, 3.63) is 58.6 Å². The molecule has 2 aromatic rings. The van der Waals surface area contributed by atoms with Gasteiger partial charge in [-0.05, 0) is 48.5 Å². The summed E-state index contributed by atoms with van der Waals surface area (Å²) in [5.41, 5.74) is 1.16. The Kier molecular flexibility index (Phi) is 5.49. The lowest BCUT2D eigenvalue weighted by atomic mass is 10.1. The molecule has 0 saturated heterocycles. The summed E-state index contributed by atoms with van der Waals surface area (Å²) in [7, 11) is 0. The van der Waals surface area contributed by atoms with Crippen LogP contribution in [0.15, 0.2) is 42.5 Å². The van der Waals surface area contributed by atoms with E-state index in [0.29, 0.717) is 0 Å². The Hall–Kier alpha value is -1.79. The second-order valence-electron chi connectivity index (χ2n) is 4.78. The summed E-state index contributed by atoms with van der Waals surface area (Å²) in [4.78, 5) is 0. The monoisotopic (exact) mass is 358 g/mol. The van der Waals surface area contributed by atoms with Gasteiger partial charge < -0.3 is 10.6 Å². The van der Waals surface area contributed by atoms with Crippen LogP contribution in [0, 0.1) is 0 Å². The minimum Gasteiger partial charge on any atom is -0.332 e. The highest BCUT2D eigenvalue weighted by Crippen LogP contribution is 2.33. The van der Waals surface area contributed by atoms with Crippen LogP contribution >= 0.6 is 23.8 Å². The molecule has 0 unspecified atom stereocenters. The average molecular weight is 359 g/mol. The van der Waals surface area contributed by atoms with E-state index in [9.17, 15) is 13.2 Å². The number of halogens is 4. The van der Waals surface area contributed by atoms with Gasteiger partial charge in [0, 0.05) is 5.69 Å². The van der Waals surface area contributed by atoms with Gasteiger partial charge in [-0.1, -0.05) is 36.7 Å². The molecule has 23 heavy (non-hydrogen) atoms. The van der Waals surface area contributed by atoms with E-state index in [-0.39, 0.29) is 15.8 Å². The van der Waals surface area contributed by atoms with Crippen LogP contribution in [-0.2, 0) is 12.6 Å². The first-order valence-corrected chi connectivity index (χ1v) is 7.62. The lowest BCUT2D eigenvalue weighted by Gasteiger charge is -2.15. The van der Waals surface area contributed by atoms with Crippen molar-refractivity contribution < 1.29 is 13.2 Å². The maximum atomic E-state index is 12.8. The maximum Gasteiger partial charge on any atom is 0.416 e. The van der Waals surface area contributed by atoms with Gasteiger partial charge in [-0.25, -0.2) is 0 Å². The molecule has 2 N–H and O–H groups in total. The van der Waals surface area contributed by atoms with E-state index in [0.717, 1.165) is 29.8 Å². The molecule has 0 atom stereocenters. The third-order valence-corrected chi connectivity index (χ3v) is 3.72. The number of aryl methyl sites for hydroxylation is 1. The van der Waals surface area contributed by atoms with Gasteiger partial charge in [0.05, 0.1) is 16.3 Å². The Morgan fingerprint density at radius 1 is 1.09 bits per heavy atom. The van der Waals surface area contributed by atoms with Gasteiger partial charge in [0.15, 0.2) is 5.11 Å². The van der Waals surface area contributed by atoms with Crippen LogP contribution in [0.25, 0.3) is 0 Å². The summed E-state index contributed by atoms with van der Waals surface area (Å²) >= 11 is 11.1. The van der Waals surface area contributed by atoms with E-state index in [4.69, 9.17) is 23.8 Å². The van der Waals surface area contributed by atoms with Gasteiger partial charge in [0.2, 0.25) is 0 Å². The number of alkyl halides is 3. The lowest BCUT2D eigenvalue weighted by Crippen LogP contribution is -2.20. The van der Waals surface area contributed by atoms with Crippen LogP contribution in [0.2, 0.25) is 5.02 Å². The summed E-state index contributed by atoms with van der Waals surface area (Å²) in [5, 5.41) is 6.02. The highest BCUT2D eigenvalue weighted by atomic mass is 35.5. The fraction of sp³-hybridized carbons (Fsp3) is 0.188. The molecule has 122 valence electrons. The van der Waals surface area contributed by atoms with Crippen molar-refractivity contribution in [2.75, 3.05) is 10.6 Å². The molecule has 0 bridgehead atoms. The number of hydrogen-bond acceptors (Lipinski definition) is 1. The quantitative estimate of drug-likeness (QED) is 0.685. The van der Waals surface area contributed by atoms with Crippen molar-refractivity contribution in [2.45, 2.75) is 19.5 Å². The largest absolute Gasteiger partial charge is 0.416 e. The van der Waals surface area contributed by atoms with Crippen LogP contribution in [0.1, 0.15) is 18.1 Å². The van der Waals surface area contributed by atoms with Crippen LogP contribution in [0.4, 0.5) is 24.5 Å². The van der Waals surface area contributed by atoms with Crippen molar-refractivity contribution in [3.63, 3.8) is 0 Å². The predicted octanol–water partition coefficient (Wildman–Crippen LogP) is 5.73. The van der Waals surface area contributed by atoms with Gasteiger partial charge in [0.1, 0.15) is 0 Å². The molecule has 2 rings (SSSR count). The third-order valence-electron chi connectivity index (χ3n) is 3.19. The fourth-order valence-electron chi connectivity index (χ4n) is 2.02. The zero-order chi connectivity index (χ0) is 17.0. The highest BCUT2D eigenvalue weighted by molar-refractivity contribution is 7.80. The third kappa shape index (κ3) is 4.59. The molecule has 0 aliphatic carbocycles. The second-order valence-corrected chi connectivity index (χ2v) is 5.60. The standard InChI is InChI=1S/C16H14ClF3N2S/c1-2-10-5-3-4-6-13(10)21-15(23)22-14-9-11(16(18,19)20)7-8-12(14)17/h3-9H,2H2,1H3,(H2,21,22,23). The van der Waals surface area contributed by atoms with Crippen LogP contribution in [-0.4, -0.2) is 5.11 Å². The zero-order valence-electron chi connectivity index (χ0n) is 12.2. The van der Waals surface area contributed by atoms with Crippen molar-refractivity contribution in [3.8, 4) is 0 Å². The smallest absolute Gasteiger partial charge is 0.332 e. The average Bonchev–Trinajstić information content (AvgIpc) is 2.49. The molecule has 7 heteroatoms. The molecular weight excluding hydrogens is 345 g/mol. The molecular formula is C16H14ClF3N2S. The minimum atomic E-state index is -4.44. The molecule has 0 saturated carbocycles. The Morgan fingerprint density at radius 3 is 2.39 bits per heavy atom. The van der Waals surface area contributed by atoms with E-state index in [1.165, 1.54) is 6.07 Å². The number of nitrogens with one attached hydrogen (secondary N) is 2. The van der Waals surface area contributed by atoms with Gasteiger partial charge in [-0.15, -0.1) is 0 Å². The molecule has 0 spiro atoms. The maximum absolute atomic E-state index is 12.8. The molecule has 0 aliphatic heterocycles. The molecule has 0 aromatic heterocycles. The van der Waals surface area contributed by atoms with Gasteiger partial charge >= 0.3 is 6.18 Å². The Labute approximate surface area is 142 Å². The van der Waals surface area contributed by atoms with Crippen molar-refractivity contribution >= 4 is 40.3 Å². The Balaban J connectivity index is 2.17. The first kappa shape index (κ1) is 17.6. The van der Waals surface area contributed by atoms with Gasteiger partial charge in [-0.2, -0.15) is 13.2 Å². The highest BCUT2D eigenvalue weighted by Gasteiger charge is 2.31. The molecule has 0 fully saturated rings. The van der Waals surface area contributed by atoms with E-state index >= 15 is 0 Å². The molecule has 2 aromatic carbocycles. The molecule has 0 heterocycles. The van der Waals surface area contributed by atoms with Crippen LogP contribution in [0.5, 0.6) is 0 Å². The summed E-state index contributed by atoms with van der Waals surface area (Å²) < 4.78 is 38.3. The number of anilines is 2. The SMILES string of the molecule is CCc1ccccc1NC(=S)Nc1cc(C(F)(F)F)ccc1Cl. The van der Waals surface area contributed by atoms with Gasteiger partial charge in [-0.3, -0.25) is 0 Å².